The summed E-state index contributed by atoms with van der Waals surface area (Å²) in [6, 6.07) is 7.60. The van der Waals surface area contributed by atoms with Crippen LogP contribution in [0.2, 0.25) is 5.02 Å². The third kappa shape index (κ3) is 5.40. The largest absolute Gasteiger partial charge is 0.439 e. The fraction of sp³-hybridized carbons (Fsp3) is 0.536. The van der Waals surface area contributed by atoms with E-state index >= 15 is 0 Å². The van der Waals surface area contributed by atoms with Crippen LogP contribution in [-0.2, 0) is 17.9 Å². The summed E-state index contributed by atoms with van der Waals surface area (Å²) in [5.41, 5.74) is 2.93. The molecule has 0 aliphatic heterocycles. The fourth-order valence-corrected chi connectivity index (χ4v) is 6.04. The van der Waals surface area contributed by atoms with E-state index in [4.69, 9.17) is 35.8 Å². The summed E-state index contributed by atoms with van der Waals surface area (Å²) in [5.74, 6) is 1.93. The number of aromatic nitrogens is 6. The average molecular weight is 537 g/mol. The molecule has 9 nitrogen and oxygen atoms in total. The summed E-state index contributed by atoms with van der Waals surface area (Å²) in [4.78, 5) is 28.8. The van der Waals surface area contributed by atoms with E-state index in [0.29, 0.717) is 28.9 Å². The molecule has 0 amide bonds. The standard InChI is InChI=1S/C28H33ClN6O3/c1-17-10-12-18(13-11-17)15-35-22(16-37-21-8-3-2-4-9-21)30-25-24(35)23(19-6-5-7-20(29)14-19)31-26(32-25)27-33-28(36)38-34-27/h5-7,14,17-18,21H,2-4,8-13,15-16H2,1H3,(H,33,34,36)/t17-,18-. The lowest BCUT2D eigenvalue weighted by Crippen LogP contribution is -2.21. The van der Waals surface area contributed by atoms with Crippen molar-refractivity contribution in [3.8, 4) is 22.9 Å². The van der Waals surface area contributed by atoms with E-state index in [1.807, 2.05) is 24.3 Å². The van der Waals surface area contributed by atoms with Crippen molar-refractivity contribution in [3.05, 3.63) is 45.7 Å². The van der Waals surface area contributed by atoms with Gasteiger partial charge in [0.05, 0.1) is 6.10 Å². The van der Waals surface area contributed by atoms with Crippen molar-refractivity contribution in [3.63, 3.8) is 0 Å². The molecule has 2 fully saturated rings. The first kappa shape index (κ1) is 25.2. The first-order valence-electron chi connectivity index (χ1n) is 13.7. The number of hydrogen-bond acceptors (Lipinski definition) is 7. The zero-order chi connectivity index (χ0) is 26.1. The number of nitrogens with one attached hydrogen (secondary N) is 1. The SMILES string of the molecule is C[C@H]1CC[C@H](Cn2c(COC3CCCCC3)nc3nc(-c4noc(=O)[nH]4)nc(-c4cccc(Cl)c4)c32)CC1. The Morgan fingerprint density at radius 3 is 2.63 bits per heavy atom. The molecule has 0 bridgehead atoms. The normalized spacial score (nSPS) is 20.8. The molecule has 200 valence electrons. The number of aromatic amines is 1. The Morgan fingerprint density at radius 2 is 1.89 bits per heavy atom. The van der Waals surface area contributed by atoms with Crippen LogP contribution < -0.4 is 5.76 Å². The molecule has 3 aromatic heterocycles. The topological polar surface area (TPSA) is 112 Å². The van der Waals surface area contributed by atoms with E-state index < -0.39 is 5.76 Å². The molecule has 0 radical (unpaired) electrons. The minimum absolute atomic E-state index is 0.163. The molecule has 0 unspecified atom stereocenters. The van der Waals surface area contributed by atoms with Gasteiger partial charge in [0.15, 0.2) is 5.65 Å². The van der Waals surface area contributed by atoms with Crippen molar-refractivity contribution < 1.29 is 9.26 Å². The summed E-state index contributed by atoms with van der Waals surface area (Å²) in [6.07, 6.45) is 11.0. The van der Waals surface area contributed by atoms with Crippen LogP contribution in [0.4, 0.5) is 0 Å². The first-order chi connectivity index (χ1) is 18.5. The average Bonchev–Trinajstić information content (AvgIpc) is 3.52. The molecule has 4 aromatic rings. The van der Waals surface area contributed by atoms with Gasteiger partial charge in [-0.3, -0.25) is 9.51 Å². The Kier molecular flexibility index (Phi) is 7.30. The van der Waals surface area contributed by atoms with Gasteiger partial charge in [0, 0.05) is 17.1 Å². The van der Waals surface area contributed by atoms with E-state index in [9.17, 15) is 4.79 Å². The van der Waals surface area contributed by atoms with Gasteiger partial charge in [-0.2, -0.15) is 0 Å². The third-order valence-corrected chi connectivity index (χ3v) is 8.24. The monoisotopic (exact) mass is 536 g/mol. The van der Waals surface area contributed by atoms with Gasteiger partial charge in [0.1, 0.15) is 23.6 Å². The highest BCUT2D eigenvalue weighted by Crippen LogP contribution is 2.35. The quantitative estimate of drug-likeness (QED) is 0.301. The Balaban J connectivity index is 1.48. The van der Waals surface area contributed by atoms with Gasteiger partial charge in [-0.05, 0) is 49.7 Å². The molecule has 3 heterocycles. The van der Waals surface area contributed by atoms with E-state index in [1.165, 1.54) is 44.9 Å². The number of fused-ring (bicyclic) bond motifs is 1. The number of benzene rings is 1. The maximum atomic E-state index is 11.7. The van der Waals surface area contributed by atoms with E-state index in [-0.39, 0.29) is 17.8 Å². The van der Waals surface area contributed by atoms with Gasteiger partial charge in [-0.15, -0.1) is 0 Å². The van der Waals surface area contributed by atoms with Crippen LogP contribution in [0.25, 0.3) is 34.1 Å². The second-order valence-electron chi connectivity index (χ2n) is 10.9. The number of nitrogens with zero attached hydrogens (tertiary/aromatic N) is 5. The van der Waals surface area contributed by atoms with Crippen molar-refractivity contribution in [2.24, 2.45) is 11.8 Å². The highest BCUT2D eigenvalue weighted by atomic mass is 35.5. The Hall–Kier alpha value is -3.04. The summed E-state index contributed by atoms with van der Waals surface area (Å²) in [5, 5.41) is 4.43. The molecule has 1 aromatic carbocycles. The van der Waals surface area contributed by atoms with Crippen LogP contribution >= 0.6 is 11.6 Å². The van der Waals surface area contributed by atoms with Crippen molar-refractivity contribution in [2.75, 3.05) is 0 Å². The number of imidazole rings is 1. The molecule has 38 heavy (non-hydrogen) atoms. The van der Waals surface area contributed by atoms with Gasteiger partial charge in [-0.1, -0.05) is 67.9 Å². The zero-order valence-electron chi connectivity index (χ0n) is 21.7. The lowest BCUT2D eigenvalue weighted by Gasteiger charge is -2.27. The van der Waals surface area contributed by atoms with E-state index in [1.54, 1.807) is 0 Å². The Labute approximate surface area is 226 Å². The lowest BCUT2D eigenvalue weighted by molar-refractivity contribution is 0.0120. The number of ether oxygens (including phenoxy) is 1. The Bertz CT molecular complexity index is 1460. The van der Waals surface area contributed by atoms with Crippen LogP contribution in [0, 0.1) is 11.8 Å². The number of H-pyrrole nitrogens is 1. The summed E-state index contributed by atoms with van der Waals surface area (Å²) in [6.45, 7) is 3.60. The van der Waals surface area contributed by atoms with Gasteiger partial charge in [0.2, 0.25) is 11.6 Å². The molecule has 2 saturated carbocycles. The molecule has 6 rings (SSSR count). The molecule has 2 aliphatic carbocycles. The van der Waals surface area contributed by atoms with Crippen molar-refractivity contribution in [1.29, 1.82) is 0 Å². The second-order valence-corrected chi connectivity index (χ2v) is 11.3. The van der Waals surface area contributed by atoms with E-state index in [2.05, 4.69) is 21.6 Å². The summed E-state index contributed by atoms with van der Waals surface area (Å²) < 4.78 is 13.4. The molecule has 0 spiro atoms. The first-order valence-corrected chi connectivity index (χ1v) is 14.1. The third-order valence-electron chi connectivity index (χ3n) is 8.01. The predicted molar refractivity (Wildman–Crippen MR) is 145 cm³/mol. The molecule has 0 atom stereocenters. The summed E-state index contributed by atoms with van der Waals surface area (Å²) in [7, 11) is 0. The number of rotatable bonds is 7. The van der Waals surface area contributed by atoms with Crippen molar-refractivity contribution in [1.82, 2.24) is 29.7 Å². The Morgan fingerprint density at radius 1 is 1.08 bits per heavy atom. The van der Waals surface area contributed by atoms with Crippen LogP contribution in [0.15, 0.2) is 33.6 Å². The number of hydrogen-bond donors (Lipinski definition) is 1. The van der Waals surface area contributed by atoms with Gasteiger partial charge < -0.3 is 9.30 Å². The number of halogens is 1. The molecule has 1 N–H and O–H groups in total. The van der Waals surface area contributed by atoms with E-state index in [0.717, 1.165) is 42.2 Å². The minimum atomic E-state index is -0.661. The van der Waals surface area contributed by atoms with Gasteiger partial charge >= 0.3 is 5.76 Å². The fourth-order valence-electron chi connectivity index (χ4n) is 5.85. The highest BCUT2D eigenvalue weighted by Gasteiger charge is 2.26. The lowest BCUT2D eigenvalue weighted by atomic mass is 9.83. The highest BCUT2D eigenvalue weighted by molar-refractivity contribution is 6.30. The minimum Gasteiger partial charge on any atom is -0.370 e. The summed E-state index contributed by atoms with van der Waals surface area (Å²) >= 11 is 6.40. The second kappa shape index (κ2) is 11.0. The van der Waals surface area contributed by atoms with Gasteiger partial charge in [0.25, 0.3) is 0 Å². The zero-order valence-corrected chi connectivity index (χ0v) is 22.4. The maximum Gasteiger partial charge on any atom is 0.439 e. The molecular formula is C28H33ClN6O3. The smallest absolute Gasteiger partial charge is 0.370 e. The van der Waals surface area contributed by atoms with Crippen LogP contribution in [-0.4, -0.2) is 35.8 Å². The van der Waals surface area contributed by atoms with Crippen molar-refractivity contribution in [2.45, 2.75) is 84.0 Å². The predicted octanol–water partition coefficient (Wildman–Crippen LogP) is 6.17. The van der Waals surface area contributed by atoms with Crippen LogP contribution in [0.1, 0.15) is 70.5 Å². The molecular weight excluding hydrogens is 504 g/mol. The van der Waals surface area contributed by atoms with Crippen LogP contribution in [0.5, 0.6) is 0 Å². The van der Waals surface area contributed by atoms with Gasteiger partial charge in [-0.25, -0.2) is 19.7 Å². The van der Waals surface area contributed by atoms with Crippen LogP contribution in [0.3, 0.4) is 0 Å². The molecule has 10 heteroatoms. The maximum absolute atomic E-state index is 11.7. The molecule has 2 aliphatic rings. The molecule has 0 saturated heterocycles. The van der Waals surface area contributed by atoms with Crippen molar-refractivity contribution >= 4 is 22.8 Å².